The molecule has 132 valence electrons. The van der Waals surface area contributed by atoms with Crippen LogP contribution in [0.25, 0.3) is 0 Å². The summed E-state index contributed by atoms with van der Waals surface area (Å²) in [6.45, 7) is 0. The zero-order chi connectivity index (χ0) is 18.5. The molecule has 3 aromatic rings. The average Bonchev–Trinajstić information content (AvgIpc) is 2.61. The Balaban J connectivity index is 1.96. The topological polar surface area (TPSA) is 58.6 Å². The number of para-hydroxylation sites is 2. The van der Waals surface area contributed by atoms with E-state index in [1.165, 1.54) is 0 Å². The third kappa shape index (κ3) is 4.48. The number of benzene rings is 3. The number of hydrogen-bond donors (Lipinski definition) is 2. The number of aliphatic carboxylic acids is 1. The lowest BCUT2D eigenvalue weighted by atomic mass is 10.1. The smallest absolute Gasteiger partial charge is 0.307 e. The van der Waals surface area contributed by atoms with Gasteiger partial charge < -0.3 is 15.2 Å². The molecule has 0 atom stereocenters. The van der Waals surface area contributed by atoms with Crippen molar-refractivity contribution >= 4 is 40.5 Å². The van der Waals surface area contributed by atoms with Gasteiger partial charge in [0.1, 0.15) is 11.5 Å². The van der Waals surface area contributed by atoms with E-state index in [0.717, 1.165) is 0 Å². The Morgan fingerprint density at radius 1 is 0.923 bits per heavy atom. The van der Waals surface area contributed by atoms with E-state index in [2.05, 4.69) is 5.32 Å². The predicted octanol–water partition coefficient (Wildman–Crippen LogP) is 6.16. The number of hydrogen-bond acceptors (Lipinski definition) is 3. The second-order valence-corrected chi connectivity index (χ2v) is 6.34. The van der Waals surface area contributed by atoms with Gasteiger partial charge in [-0.05, 0) is 35.9 Å². The highest BCUT2D eigenvalue weighted by molar-refractivity contribution is 6.39. The molecule has 3 rings (SSSR count). The van der Waals surface area contributed by atoms with Crippen LogP contribution in [0.2, 0.25) is 10.0 Å². The lowest BCUT2D eigenvalue weighted by Crippen LogP contribution is -2.04. The van der Waals surface area contributed by atoms with Crippen molar-refractivity contribution in [3.05, 3.63) is 82.3 Å². The summed E-state index contributed by atoms with van der Waals surface area (Å²) in [6, 6.07) is 19.6. The fraction of sp³-hybridized carbons (Fsp3) is 0.0500. The molecule has 26 heavy (non-hydrogen) atoms. The first kappa shape index (κ1) is 18.1. The Kier molecular flexibility index (Phi) is 5.66. The van der Waals surface area contributed by atoms with E-state index in [0.29, 0.717) is 38.5 Å². The molecular weight excluding hydrogens is 373 g/mol. The van der Waals surface area contributed by atoms with E-state index in [1.807, 2.05) is 30.3 Å². The largest absolute Gasteiger partial charge is 0.481 e. The van der Waals surface area contributed by atoms with E-state index in [1.54, 1.807) is 36.4 Å². The quantitative estimate of drug-likeness (QED) is 0.531. The zero-order valence-electron chi connectivity index (χ0n) is 13.6. The predicted molar refractivity (Wildman–Crippen MR) is 104 cm³/mol. The molecule has 3 aromatic carbocycles. The van der Waals surface area contributed by atoms with Crippen LogP contribution >= 0.6 is 23.2 Å². The van der Waals surface area contributed by atoms with Crippen LogP contribution in [-0.2, 0) is 11.2 Å². The second kappa shape index (κ2) is 8.13. The summed E-state index contributed by atoms with van der Waals surface area (Å²) in [5.74, 6) is 0.311. The van der Waals surface area contributed by atoms with E-state index >= 15 is 0 Å². The molecule has 0 radical (unpaired) electrons. The Morgan fingerprint density at radius 3 is 2.27 bits per heavy atom. The molecule has 0 aromatic heterocycles. The minimum absolute atomic E-state index is 0.143. The molecule has 0 saturated heterocycles. The molecule has 0 spiro atoms. The molecule has 0 saturated carbocycles. The van der Waals surface area contributed by atoms with Gasteiger partial charge in [-0.3, -0.25) is 4.79 Å². The zero-order valence-corrected chi connectivity index (χ0v) is 15.1. The van der Waals surface area contributed by atoms with E-state index in [4.69, 9.17) is 33.0 Å². The average molecular weight is 388 g/mol. The molecule has 0 amide bonds. The first-order valence-electron chi connectivity index (χ1n) is 7.81. The summed E-state index contributed by atoms with van der Waals surface area (Å²) >= 11 is 12.4. The Morgan fingerprint density at radius 2 is 1.62 bits per heavy atom. The molecule has 0 unspecified atom stereocenters. The van der Waals surface area contributed by atoms with Crippen molar-refractivity contribution in [1.29, 1.82) is 0 Å². The highest BCUT2D eigenvalue weighted by atomic mass is 35.5. The van der Waals surface area contributed by atoms with Gasteiger partial charge in [0, 0.05) is 11.8 Å². The van der Waals surface area contributed by atoms with Crippen molar-refractivity contribution in [3.8, 4) is 11.5 Å². The summed E-state index contributed by atoms with van der Waals surface area (Å²) < 4.78 is 5.82. The van der Waals surface area contributed by atoms with Crippen LogP contribution in [0.15, 0.2) is 66.7 Å². The van der Waals surface area contributed by atoms with Crippen molar-refractivity contribution in [2.24, 2.45) is 0 Å². The van der Waals surface area contributed by atoms with Crippen LogP contribution in [0, 0.1) is 0 Å². The van der Waals surface area contributed by atoms with E-state index in [9.17, 15) is 4.79 Å². The van der Waals surface area contributed by atoms with Crippen molar-refractivity contribution < 1.29 is 14.6 Å². The summed E-state index contributed by atoms with van der Waals surface area (Å²) in [5, 5.41) is 13.2. The Labute approximate surface area is 161 Å². The maximum absolute atomic E-state index is 11.2. The summed E-state index contributed by atoms with van der Waals surface area (Å²) in [4.78, 5) is 11.2. The van der Waals surface area contributed by atoms with E-state index < -0.39 is 5.97 Å². The molecule has 0 heterocycles. The molecule has 0 bridgehead atoms. The number of rotatable bonds is 6. The SMILES string of the molecule is O=C(O)Cc1ccc(Oc2ccccc2)cc1Nc1c(Cl)cccc1Cl. The maximum atomic E-state index is 11.2. The summed E-state index contributed by atoms with van der Waals surface area (Å²) in [7, 11) is 0. The number of carboxylic acid groups (broad SMARTS) is 1. The maximum Gasteiger partial charge on any atom is 0.307 e. The fourth-order valence-electron chi connectivity index (χ4n) is 2.43. The van der Waals surface area contributed by atoms with Crippen LogP contribution in [0.3, 0.4) is 0 Å². The van der Waals surface area contributed by atoms with Crippen LogP contribution in [-0.4, -0.2) is 11.1 Å². The van der Waals surface area contributed by atoms with Gasteiger partial charge in [-0.2, -0.15) is 0 Å². The van der Waals surface area contributed by atoms with Gasteiger partial charge >= 0.3 is 5.97 Å². The molecule has 0 fully saturated rings. The van der Waals surface area contributed by atoms with Crippen molar-refractivity contribution in [1.82, 2.24) is 0 Å². The van der Waals surface area contributed by atoms with Gasteiger partial charge in [-0.25, -0.2) is 0 Å². The molecule has 4 nitrogen and oxygen atoms in total. The van der Waals surface area contributed by atoms with Crippen molar-refractivity contribution in [2.75, 3.05) is 5.32 Å². The van der Waals surface area contributed by atoms with E-state index in [-0.39, 0.29) is 6.42 Å². The highest BCUT2D eigenvalue weighted by Crippen LogP contribution is 2.35. The monoisotopic (exact) mass is 387 g/mol. The number of carboxylic acids is 1. The Bertz CT molecular complexity index is 909. The minimum atomic E-state index is -0.935. The number of halogens is 2. The molecule has 0 aliphatic rings. The molecule has 2 N–H and O–H groups in total. The highest BCUT2D eigenvalue weighted by Gasteiger charge is 2.12. The van der Waals surface area contributed by atoms with Crippen LogP contribution in [0.1, 0.15) is 5.56 Å². The van der Waals surface area contributed by atoms with Gasteiger partial charge in [0.15, 0.2) is 0 Å². The van der Waals surface area contributed by atoms with Gasteiger partial charge in [0.25, 0.3) is 0 Å². The number of carbonyl (C=O) groups is 1. The van der Waals surface area contributed by atoms with Gasteiger partial charge in [-0.1, -0.05) is 53.5 Å². The first-order chi connectivity index (χ1) is 12.5. The lowest BCUT2D eigenvalue weighted by molar-refractivity contribution is -0.136. The molecule has 6 heteroatoms. The second-order valence-electron chi connectivity index (χ2n) is 5.53. The summed E-state index contributed by atoms with van der Waals surface area (Å²) in [6.07, 6.45) is -0.143. The lowest BCUT2D eigenvalue weighted by Gasteiger charge is -2.15. The van der Waals surface area contributed by atoms with Crippen molar-refractivity contribution in [2.45, 2.75) is 6.42 Å². The van der Waals surface area contributed by atoms with Crippen LogP contribution < -0.4 is 10.1 Å². The standard InChI is InChI=1S/C20H15Cl2NO3/c21-16-7-4-8-17(22)20(16)23-18-12-15(10-9-13(18)11-19(24)25)26-14-5-2-1-3-6-14/h1-10,12,23H,11H2,(H,24,25). The minimum Gasteiger partial charge on any atom is -0.481 e. The first-order valence-corrected chi connectivity index (χ1v) is 8.57. The van der Waals surface area contributed by atoms with Crippen LogP contribution in [0.4, 0.5) is 11.4 Å². The third-order valence-corrected chi connectivity index (χ3v) is 4.25. The number of anilines is 2. The van der Waals surface area contributed by atoms with Gasteiger partial charge in [0.2, 0.25) is 0 Å². The molecule has 0 aliphatic carbocycles. The van der Waals surface area contributed by atoms with Gasteiger partial charge in [-0.15, -0.1) is 0 Å². The van der Waals surface area contributed by atoms with Crippen LogP contribution in [0.5, 0.6) is 11.5 Å². The Hall–Kier alpha value is -2.69. The molecule has 0 aliphatic heterocycles. The summed E-state index contributed by atoms with van der Waals surface area (Å²) in [5.41, 5.74) is 1.67. The number of nitrogens with one attached hydrogen (secondary N) is 1. The van der Waals surface area contributed by atoms with Crippen molar-refractivity contribution in [3.63, 3.8) is 0 Å². The number of ether oxygens (including phenoxy) is 1. The third-order valence-electron chi connectivity index (χ3n) is 3.62. The normalized spacial score (nSPS) is 10.4. The van der Waals surface area contributed by atoms with Gasteiger partial charge in [0.05, 0.1) is 22.2 Å². The fourth-order valence-corrected chi connectivity index (χ4v) is 2.92. The molecular formula is C20H15Cl2NO3.